The standard InChI is InChI=1S/C25H19NO6S/c27-22-15-16-31-24(23(22)32-33(29,30)21-9-5-2-6-10-21)25(28)26-17-18-11-13-20(14-12-18)19-7-3-1-4-8-19/h1-16H,17H2,(H,26,28). The van der Waals surface area contributed by atoms with E-state index in [9.17, 15) is 18.0 Å². The Morgan fingerprint density at radius 2 is 1.42 bits per heavy atom. The van der Waals surface area contributed by atoms with Crippen LogP contribution >= 0.6 is 0 Å². The molecule has 3 aromatic carbocycles. The Labute approximate surface area is 190 Å². The van der Waals surface area contributed by atoms with Crippen LogP contribution in [0.5, 0.6) is 5.75 Å². The smallest absolute Gasteiger partial charge is 0.339 e. The molecule has 166 valence electrons. The van der Waals surface area contributed by atoms with Gasteiger partial charge in [-0.15, -0.1) is 0 Å². The van der Waals surface area contributed by atoms with Crippen LogP contribution in [0.2, 0.25) is 0 Å². The summed E-state index contributed by atoms with van der Waals surface area (Å²) in [7, 11) is -4.33. The predicted octanol–water partition coefficient (Wildman–Crippen LogP) is 4.00. The second kappa shape index (κ2) is 9.54. The van der Waals surface area contributed by atoms with E-state index in [1.165, 1.54) is 24.3 Å². The van der Waals surface area contributed by atoms with Crippen molar-refractivity contribution in [2.24, 2.45) is 0 Å². The first kappa shape index (κ1) is 22.0. The van der Waals surface area contributed by atoms with Gasteiger partial charge in [-0.3, -0.25) is 9.59 Å². The zero-order chi connectivity index (χ0) is 23.3. The van der Waals surface area contributed by atoms with Crippen LogP contribution in [0.4, 0.5) is 0 Å². The van der Waals surface area contributed by atoms with E-state index < -0.39 is 33.0 Å². The maximum atomic E-state index is 12.7. The monoisotopic (exact) mass is 461 g/mol. The minimum atomic E-state index is -4.33. The largest absolute Gasteiger partial charge is 0.455 e. The molecule has 1 N–H and O–H groups in total. The topological polar surface area (TPSA) is 103 Å². The van der Waals surface area contributed by atoms with Crippen molar-refractivity contribution in [1.29, 1.82) is 0 Å². The first-order chi connectivity index (χ1) is 15.9. The lowest BCUT2D eigenvalue weighted by molar-refractivity contribution is 0.0917. The van der Waals surface area contributed by atoms with Gasteiger partial charge in [0, 0.05) is 12.6 Å². The summed E-state index contributed by atoms with van der Waals surface area (Å²) in [6.07, 6.45) is 1.01. The van der Waals surface area contributed by atoms with Gasteiger partial charge in [0.2, 0.25) is 16.9 Å². The van der Waals surface area contributed by atoms with Gasteiger partial charge in [0.25, 0.3) is 5.91 Å². The summed E-state index contributed by atoms with van der Waals surface area (Å²) in [5.74, 6) is -2.00. The molecule has 1 aromatic heterocycles. The maximum Gasteiger partial charge on any atom is 0.339 e. The molecule has 4 rings (SSSR count). The molecule has 0 unspecified atom stereocenters. The predicted molar refractivity (Wildman–Crippen MR) is 122 cm³/mol. The fraction of sp³-hybridized carbons (Fsp3) is 0.0400. The molecule has 1 heterocycles. The third kappa shape index (κ3) is 5.19. The van der Waals surface area contributed by atoms with E-state index in [0.29, 0.717) is 0 Å². The summed E-state index contributed by atoms with van der Waals surface area (Å²) < 4.78 is 35.2. The first-order valence-corrected chi connectivity index (χ1v) is 11.4. The van der Waals surface area contributed by atoms with Gasteiger partial charge in [0.1, 0.15) is 4.90 Å². The summed E-state index contributed by atoms with van der Waals surface area (Å²) in [5.41, 5.74) is 2.11. The number of nitrogens with one attached hydrogen (secondary N) is 1. The average molecular weight is 461 g/mol. The first-order valence-electron chi connectivity index (χ1n) is 9.98. The second-order valence-corrected chi connectivity index (χ2v) is 8.59. The molecule has 0 fully saturated rings. The highest BCUT2D eigenvalue weighted by Gasteiger charge is 2.25. The number of hydrogen-bond acceptors (Lipinski definition) is 6. The Morgan fingerprint density at radius 1 is 0.818 bits per heavy atom. The normalized spacial score (nSPS) is 11.0. The number of benzene rings is 3. The Balaban J connectivity index is 1.50. The van der Waals surface area contributed by atoms with Gasteiger partial charge < -0.3 is 13.9 Å². The maximum absolute atomic E-state index is 12.7. The molecule has 0 spiro atoms. The van der Waals surface area contributed by atoms with Crippen molar-refractivity contribution in [3.05, 3.63) is 119 Å². The molecular formula is C25H19NO6S. The van der Waals surface area contributed by atoms with Gasteiger partial charge in [-0.1, -0.05) is 72.8 Å². The number of carbonyl (C=O) groups excluding carboxylic acids is 1. The Kier molecular flexibility index (Phi) is 6.37. The van der Waals surface area contributed by atoms with Gasteiger partial charge in [-0.25, -0.2) is 0 Å². The zero-order valence-corrected chi connectivity index (χ0v) is 18.1. The summed E-state index contributed by atoms with van der Waals surface area (Å²) >= 11 is 0. The van der Waals surface area contributed by atoms with Crippen LogP contribution in [0.15, 0.2) is 111 Å². The lowest BCUT2D eigenvalue weighted by atomic mass is 10.0. The molecular weight excluding hydrogens is 442 g/mol. The molecule has 0 saturated carbocycles. The Hall–Kier alpha value is -4.17. The average Bonchev–Trinajstić information content (AvgIpc) is 2.85. The van der Waals surface area contributed by atoms with E-state index in [2.05, 4.69) is 5.32 Å². The third-order valence-corrected chi connectivity index (χ3v) is 6.02. The third-order valence-electron chi connectivity index (χ3n) is 4.78. The van der Waals surface area contributed by atoms with Crippen molar-refractivity contribution in [2.75, 3.05) is 0 Å². The van der Waals surface area contributed by atoms with Crippen LogP contribution in [0.25, 0.3) is 11.1 Å². The zero-order valence-electron chi connectivity index (χ0n) is 17.3. The molecule has 33 heavy (non-hydrogen) atoms. The van der Waals surface area contributed by atoms with Crippen LogP contribution in [0.3, 0.4) is 0 Å². The van der Waals surface area contributed by atoms with Gasteiger partial charge in [0.15, 0.2) is 0 Å². The van der Waals surface area contributed by atoms with E-state index in [1.807, 2.05) is 54.6 Å². The quantitative estimate of drug-likeness (QED) is 0.417. The molecule has 0 bridgehead atoms. The van der Waals surface area contributed by atoms with Crippen molar-refractivity contribution >= 4 is 16.0 Å². The van der Waals surface area contributed by atoms with Gasteiger partial charge in [-0.2, -0.15) is 8.42 Å². The van der Waals surface area contributed by atoms with E-state index >= 15 is 0 Å². The highest BCUT2D eigenvalue weighted by Crippen LogP contribution is 2.21. The van der Waals surface area contributed by atoms with Gasteiger partial charge >= 0.3 is 10.1 Å². The van der Waals surface area contributed by atoms with Gasteiger partial charge in [-0.05, 0) is 28.8 Å². The minimum absolute atomic E-state index is 0.136. The van der Waals surface area contributed by atoms with Crippen molar-refractivity contribution in [3.63, 3.8) is 0 Å². The molecule has 0 aliphatic rings. The summed E-state index contributed by atoms with van der Waals surface area (Å²) in [4.78, 5) is 24.8. The molecule has 4 aromatic rings. The lowest BCUT2D eigenvalue weighted by Crippen LogP contribution is -2.26. The molecule has 1 amide bonds. The number of carbonyl (C=O) groups is 1. The summed E-state index contributed by atoms with van der Waals surface area (Å²) in [6, 6.07) is 25.7. The van der Waals surface area contributed by atoms with E-state index in [-0.39, 0.29) is 11.4 Å². The lowest BCUT2D eigenvalue weighted by Gasteiger charge is -2.10. The van der Waals surface area contributed by atoms with E-state index in [4.69, 9.17) is 8.60 Å². The molecule has 0 saturated heterocycles. The van der Waals surface area contributed by atoms with Crippen LogP contribution in [-0.2, 0) is 16.7 Å². The van der Waals surface area contributed by atoms with E-state index in [1.54, 1.807) is 6.07 Å². The van der Waals surface area contributed by atoms with Gasteiger partial charge in [0.05, 0.1) is 6.26 Å². The van der Waals surface area contributed by atoms with Crippen LogP contribution in [0.1, 0.15) is 16.1 Å². The number of rotatable bonds is 7. The van der Waals surface area contributed by atoms with Crippen LogP contribution < -0.4 is 14.9 Å². The van der Waals surface area contributed by atoms with Crippen molar-refractivity contribution in [3.8, 4) is 16.9 Å². The number of hydrogen-bond donors (Lipinski definition) is 1. The van der Waals surface area contributed by atoms with E-state index in [0.717, 1.165) is 29.0 Å². The molecule has 0 aliphatic heterocycles. The van der Waals surface area contributed by atoms with Crippen molar-refractivity contribution in [2.45, 2.75) is 11.4 Å². The second-order valence-electron chi connectivity index (χ2n) is 7.04. The Morgan fingerprint density at radius 3 is 2.09 bits per heavy atom. The van der Waals surface area contributed by atoms with Crippen molar-refractivity contribution < 1.29 is 21.8 Å². The van der Waals surface area contributed by atoms with Crippen molar-refractivity contribution in [1.82, 2.24) is 5.32 Å². The fourth-order valence-electron chi connectivity index (χ4n) is 3.09. The molecule has 0 atom stereocenters. The number of amides is 1. The fourth-order valence-corrected chi connectivity index (χ4v) is 4.06. The molecule has 0 radical (unpaired) electrons. The highest BCUT2D eigenvalue weighted by atomic mass is 32.2. The molecule has 0 aliphatic carbocycles. The minimum Gasteiger partial charge on any atom is -0.455 e. The molecule has 7 nitrogen and oxygen atoms in total. The van der Waals surface area contributed by atoms with Crippen LogP contribution in [0, 0.1) is 0 Å². The highest BCUT2D eigenvalue weighted by molar-refractivity contribution is 7.87. The summed E-state index contributed by atoms with van der Waals surface area (Å²) in [5, 5.41) is 2.62. The molecule has 8 heteroatoms. The summed E-state index contributed by atoms with van der Waals surface area (Å²) in [6.45, 7) is 0.136. The van der Waals surface area contributed by atoms with Crippen LogP contribution in [-0.4, -0.2) is 14.3 Å². The Bertz CT molecular complexity index is 1410. The SMILES string of the molecule is O=C(NCc1ccc(-c2ccccc2)cc1)c1occc(=O)c1OS(=O)(=O)c1ccccc1.